The molecule has 0 amide bonds. The van der Waals surface area contributed by atoms with Gasteiger partial charge in [0.1, 0.15) is 11.4 Å². The standard InChI is InChI=1S/C9H10BrF3N2O3S/c10-7-3-8(5-14-4-7)19(17,18)15(1-2-16)6-9(11,12)13/h3-5,16H,1-2,6H2. The third-order valence-electron chi connectivity index (χ3n) is 2.02. The topological polar surface area (TPSA) is 70.5 Å². The maximum absolute atomic E-state index is 12.3. The van der Waals surface area contributed by atoms with Crippen LogP contribution in [-0.4, -0.2) is 48.7 Å². The molecule has 0 unspecified atom stereocenters. The van der Waals surface area contributed by atoms with Crippen molar-refractivity contribution in [2.24, 2.45) is 0 Å². The Morgan fingerprint density at radius 3 is 2.47 bits per heavy atom. The largest absolute Gasteiger partial charge is 0.402 e. The molecule has 0 radical (unpaired) electrons. The number of pyridine rings is 1. The normalized spacial score (nSPS) is 12.9. The van der Waals surface area contributed by atoms with Gasteiger partial charge in [0.2, 0.25) is 10.0 Å². The van der Waals surface area contributed by atoms with Gasteiger partial charge in [-0.15, -0.1) is 0 Å². The van der Waals surface area contributed by atoms with Gasteiger partial charge in [-0.25, -0.2) is 8.42 Å². The van der Waals surface area contributed by atoms with Crippen molar-refractivity contribution >= 4 is 26.0 Å². The van der Waals surface area contributed by atoms with Crippen molar-refractivity contribution in [3.63, 3.8) is 0 Å². The maximum atomic E-state index is 12.3. The number of aromatic nitrogens is 1. The van der Waals surface area contributed by atoms with Gasteiger partial charge < -0.3 is 5.11 Å². The van der Waals surface area contributed by atoms with E-state index < -0.39 is 35.9 Å². The minimum atomic E-state index is -4.69. The van der Waals surface area contributed by atoms with Gasteiger partial charge in [-0.2, -0.15) is 17.5 Å². The van der Waals surface area contributed by atoms with Crippen molar-refractivity contribution in [3.05, 3.63) is 22.9 Å². The van der Waals surface area contributed by atoms with Crippen LogP contribution in [0.5, 0.6) is 0 Å². The Labute approximate surface area is 116 Å². The molecular weight excluding hydrogens is 353 g/mol. The highest BCUT2D eigenvalue weighted by Gasteiger charge is 2.36. The molecule has 0 saturated heterocycles. The van der Waals surface area contributed by atoms with Crippen LogP contribution in [0.2, 0.25) is 0 Å². The SMILES string of the molecule is O=S(=O)(c1cncc(Br)c1)N(CCO)CC(F)(F)F. The van der Waals surface area contributed by atoms with Gasteiger partial charge in [-0.05, 0) is 22.0 Å². The van der Waals surface area contributed by atoms with Crippen LogP contribution in [0.1, 0.15) is 0 Å². The molecular formula is C9H10BrF3N2O3S. The van der Waals surface area contributed by atoms with Crippen molar-refractivity contribution < 1.29 is 26.7 Å². The molecule has 0 spiro atoms. The molecule has 0 aliphatic carbocycles. The van der Waals surface area contributed by atoms with Crippen LogP contribution in [0, 0.1) is 0 Å². The Kier molecular flexibility index (Phi) is 5.30. The summed E-state index contributed by atoms with van der Waals surface area (Å²) >= 11 is 2.99. The second-order valence-corrected chi connectivity index (χ2v) is 6.37. The van der Waals surface area contributed by atoms with E-state index in [1.807, 2.05) is 0 Å². The van der Waals surface area contributed by atoms with Crippen molar-refractivity contribution in [1.29, 1.82) is 0 Å². The van der Waals surface area contributed by atoms with E-state index in [9.17, 15) is 21.6 Å². The second-order valence-electron chi connectivity index (χ2n) is 3.52. The summed E-state index contributed by atoms with van der Waals surface area (Å²) < 4.78 is 61.5. The summed E-state index contributed by atoms with van der Waals surface area (Å²) in [6.07, 6.45) is -2.44. The third kappa shape index (κ3) is 4.71. The molecule has 0 aliphatic heterocycles. The number of halogens is 4. The van der Waals surface area contributed by atoms with E-state index in [-0.39, 0.29) is 9.20 Å². The smallest absolute Gasteiger partial charge is 0.395 e. The molecule has 1 N–H and O–H groups in total. The fourth-order valence-electron chi connectivity index (χ4n) is 1.28. The van der Waals surface area contributed by atoms with Crippen molar-refractivity contribution in [2.75, 3.05) is 19.7 Å². The first-order chi connectivity index (χ1) is 8.66. The number of aliphatic hydroxyl groups is 1. The number of rotatable bonds is 5. The fourth-order valence-corrected chi connectivity index (χ4v) is 3.20. The van der Waals surface area contributed by atoms with Crippen LogP contribution in [0.25, 0.3) is 0 Å². The molecule has 0 bridgehead atoms. The number of sulfonamides is 1. The Hall–Kier alpha value is -0.710. The van der Waals surface area contributed by atoms with E-state index in [2.05, 4.69) is 20.9 Å². The molecule has 19 heavy (non-hydrogen) atoms. The van der Waals surface area contributed by atoms with Crippen LogP contribution < -0.4 is 0 Å². The molecule has 0 aromatic carbocycles. The van der Waals surface area contributed by atoms with Crippen LogP contribution in [0.4, 0.5) is 13.2 Å². The molecule has 108 valence electrons. The first kappa shape index (κ1) is 16.3. The van der Waals surface area contributed by atoms with Gasteiger partial charge in [0.25, 0.3) is 0 Å². The highest BCUT2D eigenvalue weighted by Crippen LogP contribution is 2.23. The Morgan fingerprint density at radius 1 is 1.37 bits per heavy atom. The summed E-state index contributed by atoms with van der Waals surface area (Å²) in [5.74, 6) is 0. The summed E-state index contributed by atoms with van der Waals surface area (Å²) in [7, 11) is -4.36. The fraction of sp³-hybridized carbons (Fsp3) is 0.444. The van der Waals surface area contributed by atoms with Crippen molar-refractivity contribution in [1.82, 2.24) is 9.29 Å². The highest BCUT2D eigenvalue weighted by molar-refractivity contribution is 9.10. The van der Waals surface area contributed by atoms with E-state index in [4.69, 9.17) is 5.11 Å². The molecule has 0 aliphatic rings. The molecule has 1 heterocycles. The van der Waals surface area contributed by atoms with E-state index >= 15 is 0 Å². The Balaban J connectivity index is 3.13. The van der Waals surface area contributed by atoms with Gasteiger partial charge >= 0.3 is 6.18 Å². The van der Waals surface area contributed by atoms with Gasteiger partial charge in [-0.1, -0.05) is 0 Å². The molecule has 0 fully saturated rings. The maximum Gasteiger partial charge on any atom is 0.402 e. The van der Waals surface area contributed by atoms with E-state index in [1.165, 1.54) is 6.20 Å². The molecule has 0 atom stereocenters. The van der Waals surface area contributed by atoms with E-state index in [1.54, 1.807) is 0 Å². The molecule has 1 aromatic heterocycles. The first-order valence-corrected chi connectivity index (χ1v) is 7.18. The molecule has 1 rings (SSSR count). The summed E-state index contributed by atoms with van der Waals surface area (Å²) in [5.41, 5.74) is 0. The average Bonchev–Trinajstić information content (AvgIpc) is 2.26. The Bertz CT molecular complexity index is 536. The summed E-state index contributed by atoms with van der Waals surface area (Å²) in [5, 5.41) is 8.70. The van der Waals surface area contributed by atoms with Gasteiger partial charge in [0, 0.05) is 23.4 Å². The van der Waals surface area contributed by atoms with Gasteiger partial charge in [0.05, 0.1) is 6.61 Å². The lowest BCUT2D eigenvalue weighted by Gasteiger charge is -2.22. The molecule has 5 nitrogen and oxygen atoms in total. The molecule has 0 saturated carbocycles. The minimum Gasteiger partial charge on any atom is -0.395 e. The van der Waals surface area contributed by atoms with Crippen LogP contribution in [0.15, 0.2) is 27.8 Å². The zero-order valence-electron chi connectivity index (χ0n) is 9.43. The lowest BCUT2D eigenvalue weighted by atomic mass is 10.5. The molecule has 1 aromatic rings. The minimum absolute atomic E-state index is 0.163. The van der Waals surface area contributed by atoms with Crippen LogP contribution in [0.3, 0.4) is 0 Å². The van der Waals surface area contributed by atoms with Gasteiger partial charge in [0.15, 0.2) is 0 Å². The van der Waals surface area contributed by atoms with Gasteiger partial charge in [-0.3, -0.25) is 4.98 Å². The number of aliphatic hydroxyl groups excluding tert-OH is 1. The lowest BCUT2D eigenvalue weighted by Crippen LogP contribution is -2.40. The number of alkyl halides is 3. The van der Waals surface area contributed by atoms with Crippen LogP contribution >= 0.6 is 15.9 Å². The Morgan fingerprint density at radius 2 is 2.00 bits per heavy atom. The van der Waals surface area contributed by atoms with E-state index in [0.29, 0.717) is 4.47 Å². The third-order valence-corrected chi connectivity index (χ3v) is 4.27. The summed E-state index contributed by atoms with van der Waals surface area (Å²) in [6, 6.07) is 1.14. The zero-order chi connectivity index (χ0) is 14.7. The number of nitrogens with zero attached hydrogens (tertiary/aromatic N) is 2. The monoisotopic (exact) mass is 362 g/mol. The predicted octanol–water partition coefficient (Wildman–Crippen LogP) is 1.39. The zero-order valence-corrected chi connectivity index (χ0v) is 11.8. The first-order valence-electron chi connectivity index (χ1n) is 4.95. The number of hydrogen-bond acceptors (Lipinski definition) is 4. The summed E-state index contributed by atoms with van der Waals surface area (Å²) in [6.45, 7) is -3.02. The predicted molar refractivity (Wildman–Crippen MR) is 63.8 cm³/mol. The number of hydrogen-bond donors (Lipinski definition) is 1. The second kappa shape index (κ2) is 6.16. The molecule has 10 heteroatoms. The quantitative estimate of drug-likeness (QED) is 0.859. The van der Waals surface area contributed by atoms with Crippen molar-refractivity contribution in [3.8, 4) is 0 Å². The van der Waals surface area contributed by atoms with E-state index in [0.717, 1.165) is 12.3 Å². The van der Waals surface area contributed by atoms with Crippen molar-refractivity contribution in [2.45, 2.75) is 11.1 Å². The average molecular weight is 363 g/mol. The summed E-state index contributed by atoms with van der Waals surface area (Å²) in [4.78, 5) is 3.22. The lowest BCUT2D eigenvalue weighted by molar-refractivity contribution is -0.136. The van der Waals surface area contributed by atoms with Crippen LogP contribution in [-0.2, 0) is 10.0 Å². The highest BCUT2D eigenvalue weighted by atomic mass is 79.9.